The number of carbonyl (C=O) groups excluding carboxylic acids is 1. The molecule has 0 spiro atoms. The minimum absolute atomic E-state index is 0.0374. The summed E-state index contributed by atoms with van der Waals surface area (Å²) >= 11 is 6.37. The second kappa shape index (κ2) is 9.30. The van der Waals surface area contributed by atoms with Crippen LogP contribution in [0, 0.1) is 12.7 Å². The van der Waals surface area contributed by atoms with Gasteiger partial charge in [0.15, 0.2) is 0 Å². The molecule has 0 unspecified atom stereocenters. The number of amides is 3. The highest BCUT2D eigenvalue weighted by atomic mass is 35.5. The van der Waals surface area contributed by atoms with Gasteiger partial charge in [0.2, 0.25) is 0 Å². The summed E-state index contributed by atoms with van der Waals surface area (Å²) in [7, 11) is 1.50. The van der Waals surface area contributed by atoms with Gasteiger partial charge in [0.1, 0.15) is 11.6 Å². The molecule has 10 heteroatoms. The third kappa shape index (κ3) is 4.60. The summed E-state index contributed by atoms with van der Waals surface area (Å²) in [5.41, 5.74) is 2.88. The van der Waals surface area contributed by atoms with Crippen molar-refractivity contribution in [3.8, 4) is 0 Å². The number of nitrogens with one attached hydrogen (secondary N) is 2. The molecular formula is C25H27ClFN5O3. The zero-order chi connectivity index (χ0) is 25.5. The molecule has 1 aromatic carbocycles. The molecule has 2 aromatic heterocycles. The number of pyridine rings is 2. The average molecular weight is 500 g/mol. The van der Waals surface area contributed by atoms with Crippen LogP contribution in [0.1, 0.15) is 42.7 Å². The molecule has 0 saturated heterocycles. The Morgan fingerprint density at radius 2 is 2.00 bits per heavy atom. The Balaban J connectivity index is 1.75. The normalized spacial score (nSPS) is 13.5. The van der Waals surface area contributed by atoms with Gasteiger partial charge in [-0.3, -0.25) is 15.2 Å². The van der Waals surface area contributed by atoms with Gasteiger partial charge >= 0.3 is 12.1 Å². The van der Waals surface area contributed by atoms with E-state index in [1.54, 1.807) is 18.3 Å². The van der Waals surface area contributed by atoms with E-state index in [0.29, 0.717) is 40.8 Å². The van der Waals surface area contributed by atoms with Gasteiger partial charge in [0.25, 0.3) is 0 Å². The lowest BCUT2D eigenvalue weighted by Gasteiger charge is -2.33. The van der Waals surface area contributed by atoms with E-state index in [2.05, 4.69) is 20.6 Å². The number of hydrogen-bond acceptors (Lipinski definition) is 4. The van der Waals surface area contributed by atoms with Gasteiger partial charge in [-0.2, -0.15) is 0 Å². The van der Waals surface area contributed by atoms with Crippen LogP contribution in [0.2, 0.25) is 5.02 Å². The Labute approximate surface area is 207 Å². The number of fused-ring (bicyclic) bond motifs is 2. The van der Waals surface area contributed by atoms with E-state index in [1.807, 2.05) is 20.8 Å². The molecule has 8 nitrogen and oxygen atoms in total. The van der Waals surface area contributed by atoms with E-state index < -0.39 is 23.4 Å². The molecular weight excluding hydrogens is 473 g/mol. The second-order valence-corrected chi connectivity index (χ2v) is 9.73. The molecule has 3 heterocycles. The van der Waals surface area contributed by atoms with Crippen LogP contribution in [-0.4, -0.2) is 40.8 Å². The van der Waals surface area contributed by atoms with Gasteiger partial charge < -0.3 is 10.4 Å². The van der Waals surface area contributed by atoms with Crippen LogP contribution in [0.3, 0.4) is 0 Å². The zero-order valence-electron chi connectivity index (χ0n) is 20.0. The predicted molar refractivity (Wildman–Crippen MR) is 134 cm³/mol. The highest BCUT2D eigenvalue weighted by Gasteiger charge is 2.32. The predicted octanol–water partition coefficient (Wildman–Crippen LogP) is 5.43. The Morgan fingerprint density at radius 1 is 1.26 bits per heavy atom. The average Bonchev–Trinajstić information content (AvgIpc) is 2.81. The van der Waals surface area contributed by atoms with Gasteiger partial charge in [0, 0.05) is 31.4 Å². The molecule has 0 fully saturated rings. The number of nitrogens with zero attached hydrogens (tertiary/aromatic N) is 3. The highest BCUT2D eigenvalue weighted by Crippen LogP contribution is 2.39. The fourth-order valence-electron chi connectivity index (χ4n) is 4.81. The van der Waals surface area contributed by atoms with E-state index in [4.69, 9.17) is 11.6 Å². The van der Waals surface area contributed by atoms with Crippen LogP contribution in [0.5, 0.6) is 0 Å². The Hall–Kier alpha value is -3.46. The van der Waals surface area contributed by atoms with Crippen LogP contribution >= 0.6 is 11.6 Å². The summed E-state index contributed by atoms with van der Waals surface area (Å²) in [6, 6.07) is 2.93. The summed E-state index contributed by atoms with van der Waals surface area (Å²) in [5.74, 6) is -0.218. The molecule has 0 saturated carbocycles. The van der Waals surface area contributed by atoms with Crippen molar-refractivity contribution in [2.75, 3.05) is 23.8 Å². The minimum atomic E-state index is -1.01. The molecule has 3 aromatic rings. The van der Waals surface area contributed by atoms with Crippen LogP contribution < -0.4 is 15.5 Å². The van der Waals surface area contributed by atoms with Crippen molar-refractivity contribution in [3.63, 3.8) is 0 Å². The standard InChI is InChI=1S/C25H27ClFN5O3/c1-13-17(12-29-18-6-5-7-32(22(13)18)24(34)35)25(2,3)10-15-8-14-9-19(31-23(33)28-4)30-11-16(14)20(26)21(15)27/h8-9,11-12H,5-7,10H2,1-4H3,(H,34,35)(H2,28,30,31,33). The second-order valence-electron chi connectivity index (χ2n) is 9.35. The number of aromatic nitrogens is 2. The van der Waals surface area contributed by atoms with Gasteiger partial charge in [0.05, 0.1) is 16.4 Å². The van der Waals surface area contributed by atoms with E-state index in [1.165, 1.54) is 18.1 Å². The van der Waals surface area contributed by atoms with Crippen molar-refractivity contribution in [2.45, 2.75) is 45.4 Å². The lowest BCUT2D eigenvalue weighted by Crippen LogP contribution is -2.36. The van der Waals surface area contributed by atoms with Crippen LogP contribution in [0.15, 0.2) is 24.5 Å². The molecule has 3 N–H and O–H groups in total. The number of aryl methyl sites for hydroxylation is 1. The third-order valence-electron chi connectivity index (χ3n) is 6.49. The molecule has 3 amide bonds. The maximum absolute atomic E-state index is 15.3. The highest BCUT2D eigenvalue weighted by molar-refractivity contribution is 6.35. The van der Waals surface area contributed by atoms with Crippen molar-refractivity contribution in [1.82, 2.24) is 15.3 Å². The first-order valence-corrected chi connectivity index (χ1v) is 11.7. The molecule has 184 valence electrons. The summed E-state index contributed by atoms with van der Waals surface area (Å²) in [5, 5.41) is 15.8. The maximum Gasteiger partial charge on any atom is 0.411 e. The third-order valence-corrected chi connectivity index (χ3v) is 6.85. The smallest absolute Gasteiger partial charge is 0.411 e. The molecule has 0 atom stereocenters. The molecule has 1 aliphatic rings. The molecule has 0 radical (unpaired) electrons. The molecule has 1 aliphatic heterocycles. The molecule has 0 bridgehead atoms. The largest absolute Gasteiger partial charge is 0.465 e. The molecule has 35 heavy (non-hydrogen) atoms. The number of carboxylic acid groups (broad SMARTS) is 1. The van der Waals surface area contributed by atoms with Crippen molar-refractivity contribution < 1.29 is 19.1 Å². The van der Waals surface area contributed by atoms with E-state index >= 15 is 4.39 Å². The van der Waals surface area contributed by atoms with Crippen molar-refractivity contribution >= 4 is 46.0 Å². The number of anilines is 2. The van der Waals surface area contributed by atoms with E-state index in [-0.39, 0.29) is 5.02 Å². The minimum Gasteiger partial charge on any atom is -0.465 e. The van der Waals surface area contributed by atoms with E-state index in [9.17, 15) is 14.7 Å². The summed E-state index contributed by atoms with van der Waals surface area (Å²) in [6.45, 7) is 6.26. The fourth-order valence-corrected chi connectivity index (χ4v) is 5.09. The summed E-state index contributed by atoms with van der Waals surface area (Å²) in [4.78, 5) is 33.6. The number of halogens is 2. The van der Waals surface area contributed by atoms with Crippen molar-refractivity contribution in [1.29, 1.82) is 0 Å². The topological polar surface area (TPSA) is 107 Å². The Kier molecular flexibility index (Phi) is 6.55. The number of urea groups is 1. The SMILES string of the molecule is CNC(=O)Nc1cc2cc(CC(C)(C)c3cnc4c(c3C)N(C(=O)O)CCC4)c(F)c(Cl)c2cn1. The van der Waals surface area contributed by atoms with Gasteiger partial charge in [-0.15, -0.1) is 0 Å². The van der Waals surface area contributed by atoms with Gasteiger partial charge in [-0.05, 0) is 65.8 Å². The first kappa shape index (κ1) is 24.7. The summed E-state index contributed by atoms with van der Waals surface area (Å²) in [6.07, 6.45) is 3.93. The number of carbonyl (C=O) groups is 2. The van der Waals surface area contributed by atoms with Crippen LogP contribution in [0.4, 0.5) is 25.5 Å². The van der Waals surface area contributed by atoms with Crippen molar-refractivity contribution in [2.24, 2.45) is 0 Å². The Bertz CT molecular complexity index is 1340. The summed E-state index contributed by atoms with van der Waals surface area (Å²) < 4.78 is 15.3. The quantitative estimate of drug-likeness (QED) is 0.443. The fraction of sp³-hybridized carbons (Fsp3) is 0.360. The first-order chi connectivity index (χ1) is 16.5. The monoisotopic (exact) mass is 499 g/mol. The Morgan fingerprint density at radius 3 is 2.69 bits per heavy atom. The zero-order valence-corrected chi connectivity index (χ0v) is 20.8. The number of benzene rings is 1. The van der Waals surface area contributed by atoms with Crippen LogP contribution in [-0.2, 0) is 18.3 Å². The number of rotatable bonds is 4. The molecule has 4 rings (SSSR count). The number of hydrogen-bond donors (Lipinski definition) is 3. The van der Waals surface area contributed by atoms with E-state index in [0.717, 1.165) is 29.7 Å². The maximum atomic E-state index is 15.3. The van der Waals surface area contributed by atoms with Crippen molar-refractivity contribution in [3.05, 3.63) is 57.8 Å². The molecule has 0 aliphatic carbocycles. The first-order valence-electron chi connectivity index (χ1n) is 11.3. The van der Waals surface area contributed by atoms with Gasteiger partial charge in [-0.25, -0.2) is 19.0 Å². The lowest BCUT2D eigenvalue weighted by molar-refractivity contribution is 0.201. The van der Waals surface area contributed by atoms with Gasteiger partial charge in [-0.1, -0.05) is 25.4 Å². The lowest BCUT2D eigenvalue weighted by atomic mass is 9.77. The van der Waals surface area contributed by atoms with Crippen LogP contribution in [0.25, 0.3) is 10.8 Å².